The predicted octanol–water partition coefficient (Wildman–Crippen LogP) is 4.46. The first-order valence-electron chi connectivity index (χ1n) is 7.86. The van der Waals surface area contributed by atoms with Gasteiger partial charge in [0, 0.05) is 0 Å². The van der Waals surface area contributed by atoms with Crippen molar-refractivity contribution in [2.45, 2.75) is 70.3 Å². The molecule has 0 saturated carbocycles. The molecule has 0 heterocycles. The number of carbonyl (C=O) groups is 2. The number of alkyl halides is 8. The van der Waals surface area contributed by atoms with Crippen LogP contribution in [0, 0.1) is 5.92 Å². The molecule has 160 valence electrons. The lowest BCUT2D eigenvalue weighted by Gasteiger charge is -2.31. The highest BCUT2D eigenvalue weighted by molar-refractivity contribution is 5.77. The average molecular weight is 416 g/mol. The Morgan fingerprint density at radius 3 is 1.81 bits per heavy atom. The number of halogens is 8. The number of rotatable bonds is 11. The van der Waals surface area contributed by atoms with Gasteiger partial charge in [-0.1, -0.05) is 20.8 Å². The lowest BCUT2D eigenvalue weighted by molar-refractivity contribution is -0.344. The third-order valence-electron chi connectivity index (χ3n) is 3.53. The van der Waals surface area contributed by atoms with E-state index < -0.39 is 61.7 Å². The van der Waals surface area contributed by atoms with Crippen molar-refractivity contribution in [3.05, 3.63) is 0 Å². The van der Waals surface area contributed by atoms with Gasteiger partial charge in [-0.15, -0.1) is 0 Å². The Kier molecular flexibility index (Phi) is 8.97. The van der Waals surface area contributed by atoms with Crippen LogP contribution < -0.4 is 0 Å². The summed E-state index contributed by atoms with van der Waals surface area (Å²) in [6.07, 6.45) is -6.53. The standard InChI is InChI=1S/C15H20F8O4/c1-4-9(8(2)3)27-11(25)6-5-10(24)26-7-13(18,19)15(22,23)14(20,21)12(16)17/h8-9,12H,4-7H2,1-3H3. The molecule has 0 fully saturated rings. The molecule has 0 aromatic carbocycles. The SMILES string of the molecule is CCC(OC(=O)CCC(=O)OCC(F)(F)C(F)(F)C(F)(F)C(F)F)C(C)C. The quantitative estimate of drug-likeness (QED) is 0.369. The van der Waals surface area contributed by atoms with E-state index in [9.17, 15) is 44.7 Å². The van der Waals surface area contributed by atoms with Gasteiger partial charge in [0.2, 0.25) is 0 Å². The van der Waals surface area contributed by atoms with E-state index in [1.165, 1.54) is 0 Å². The molecular formula is C15H20F8O4. The van der Waals surface area contributed by atoms with Gasteiger partial charge < -0.3 is 9.47 Å². The van der Waals surface area contributed by atoms with Crippen molar-refractivity contribution in [3.8, 4) is 0 Å². The summed E-state index contributed by atoms with van der Waals surface area (Å²) in [6.45, 7) is 2.68. The minimum atomic E-state index is -6.46. The molecule has 0 radical (unpaired) electrons. The Bertz CT molecular complexity index is 508. The third-order valence-corrected chi connectivity index (χ3v) is 3.53. The molecule has 12 heteroatoms. The molecule has 0 amide bonds. The van der Waals surface area contributed by atoms with E-state index in [1.54, 1.807) is 20.8 Å². The Morgan fingerprint density at radius 1 is 0.926 bits per heavy atom. The molecule has 0 rings (SSSR count). The molecule has 0 aliphatic carbocycles. The van der Waals surface area contributed by atoms with Gasteiger partial charge in [0.05, 0.1) is 12.8 Å². The maximum Gasteiger partial charge on any atom is 0.381 e. The lowest BCUT2D eigenvalue weighted by atomic mass is 10.1. The fraction of sp³-hybridized carbons (Fsp3) is 0.867. The second-order valence-electron chi connectivity index (χ2n) is 6.04. The summed E-state index contributed by atoms with van der Waals surface area (Å²) in [5, 5.41) is 0. The van der Waals surface area contributed by atoms with E-state index in [1.807, 2.05) is 0 Å². The van der Waals surface area contributed by atoms with E-state index >= 15 is 0 Å². The van der Waals surface area contributed by atoms with Crippen LogP contribution in [0.15, 0.2) is 0 Å². The lowest BCUT2D eigenvalue weighted by Crippen LogP contribution is -2.59. The molecule has 1 unspecified atom stereocenters. The summed E-state index contributed by atoms with van der Waals surface area (Å²) in [5.74, 6) is -21.1. The minimum absolute atomic E-state index is 0.0386. The maximum atomic E-state index is 13.2. The fourth-order valence-electron chi connectivity index (χ4n) is 1.84. The molecule has 0 aromatic heterocycles. The molecule has 0 spiro atoms. The van der Waals surface area contributed by atoms with Crippen LogP contribution in [-0.4, -0.2) is 48.8 Å². The van der Waals surface area contributed by atoms with Gasteiger partial charge >= 0.3 is 36.1 Å². The number of esters is 2. The van der Waals surface area contributed by atoms with E-state index in [2.05, 4.69) is 4.74 Å². The van der Waals surface area contributed by atoms with Crippen molar-refractivity contribution in [1.82, 2.24) is 0 Å². The zero-order chi connectivity index (χ0) is 21.6. The molecular weight excluding hydrogens is 396 g/mol. The summed E-state index contributed by atoms with van der Waals surface area (Å²) in [6, 6.07) is 0. The Balaban J connectivity index is 4.66. The Morgan fingerprint density at radius 2 is 1.41 bits per heavy atom. The number of ether oxygens (including phenoxy) is 2. The smallest absolute Gasteiger partial charge is 0.381 e. The molecule has 27 heavy (non-hydrogen) atoms. The first-order chi connectivity index (χ1) is 12.1. The van der Waals surface area contributed by atoms with Crippen LogP contribution >= 0.6 is 0 Å². The Hall–Kier alpha value is -1.62. The van der Waals surface area contributed by atoms with Gasteiger partial charge in [-0.2, -0.15) is 26.3 Å². The zero-order valence-electron chi connectivity index (χ0n) is 14.7. The summed E-state index contributed by atoms with van der Waals surface area (Å²) in [5.41, 5.74) is 0. The normalized spacial score (nSPS) is 14.4. The van der Waals surface area contributed by atoms with Crippen LogP contribution in [0.4, 0.5) is 35.1 Å². The maximum absolute atomic E-state index is 13.2. The second-order valence-corrected chi connectivity index (χ2v) is 6.04. The molecule has 0 saturated heterocycles. The molecule has 0 bridgehead atoms. The van der Waals surface area contributed by atoms with E-state index in [0.717, 1.165) is 0 Å². The third kappa shape index (κ3) is 6.49. The monoisotopic (exact) mass is 416 g/mol. The van der Waals surface area contributed by atoms with Gasteiger partial charge in [0.1, 0.15) is 6.10 Å². The van der Waals surface area contributed by atoms with Crippen molar-refractivity contribution < 1.29 is 54.2 Å². The first-order valence-corrected chi connectivity index (χ1v) is 7.86. The van der Waals surface area contributed by atoms with Crippen LogP contribution in [0.25, 0.3) is 0 Å². The van der Waals surface area contributed by atoms with Crippen LogP contribution in [0.1, 0.15) is 40.0 Å². The van der Waals surface area contributed by atoms with Crippen molar-refractivity contribution >= 4 is 11.9 Å². The summed E-state index contributed by atoms with van der Waals surface area (Å²) in [7, 11) is 0. The topological polar surface area (TPSA) is 52.6 Å². The van der Waals surface area contributed by atoms with E-state index in [0.29, 0.717) is 6.42 Å². The van der Waals surface area contributed by atoms with Gasteiger partial charge in [-0.25, -0.2) is 8.78 Å². The van der Waals surface area contributed by atoms with Crippen molar-refractivity contribution in [1.29, 1.82) is 0 Å². The van der Waals surface area contributed by atoms with Crippen LogP contribution in [0.5, 0.6) is 0 Å². The minimum Gasteiger partial charge on any atom is -0.462 e. The highest BCUT2D eigenvalue weighted by atomic mass is 19.4. The van der Waals surface area contributed by atoms with E-state index in [4.69, 9.17) is 4.74 Å². The van der Waals surface area contributed by atoms with Gasteiger partial charge in [-0.3, -0.25) is 9.59 Å². The van der Waals surface area contributed by atoms with E-state index in [-0.39, 0.29) is 5.92 Å². The summed E-state index contributed by atoms with van der Waals surface area (Å²) >= 11 is 0. The van der Waals surface area contributed by atoms with Gasteiger partial charge in [-0.05, 0) is 12.3 Å². The van der Waals surface area contributed by atoms with Crippen LogP contribution in [0.2, 0.25) is 0 Å². The van der Waals surface area contributed by atoms with Gasteiger partial charge in [0.15, 0.2) is 6.61 Å². The van der Waals surface area contributed by atoms with Crippen LogP contribution in [0.3, 0.4) is 0 Å². The number of hydrogen-bond donors (Lipinski definition) is 0. The second kappa shape index (κ2) is 9.54. The Labute approximate surface area is 150 Å². The predicted molar refractivity (Wildman–Crippen MR) is 76.0 cm³/mol. The first kappa shape index (κ1) is 25.4. The molecule has 0 aliphatic heterocycles. The highest BCUT2D eigenvalue weighted by Crippen LogP contribution is 2.48. The summed E-state index contributed by atoms with van der Waals surface area (Å²) < 4.78 is 110. The molecule has 0 aromatic rings. The molecule has 0 N–H and O–H groups in total. The van der Waals surface area contributed by atoms with Crippen molar-refractivity contribution in [2.75, 3.05) is 6.61 Å². The summed E-state index contributed by atoms with van der Waals surface area (Å²) in [4.78, 5) is 22.8. The van der Waals surface area contributed by atoms with Crippen LogP contribution in [-0.2, 0) is 19.1 Å². The number of carbonyl (C=O) groups excluding carboxylic acids is 2. The van der Waals surface area contributed by atoms with Crippen molar-refractivity contribution in [3.63, 3.8) is 0 Å². The largest absolute Gasteiger partial charge is 0.462 e. The molecule has 4 nitrogen and oxygen atoms in total. The average Bonchev–Trinajstić information content (AvgIpc) is 2.55. The van der Waals surface area contributed by atoms with Crippen molar-refractivity contribution in [2.24, 2.45) is 5.92 Å². The zero-order valence-corrected chi connectivity index (χ0v) is 14.7. The fourth-order valence-corrected chi connectivity index (χ4v) is 1.84. The number of hydrogen-bond acceptors (Lipinski definition) is 4. The highest BCUT2D eigenvalue weighted by Gasteiger charge is 2.75. The molecule has 1 atom stereocenters. The van der Waals surface area contributed by atoms with Gasteiger partial charge in [0.25, 0.3) is 0 Å². The molecule has 0 aliphatic rings.